The van der Waals surface area contributed by atoms with Crippen molar-refractivity contribution in [2.45, 2.75) is 38.6 Å². The monoisotopic (exact) mass is 530 g/mol. The van der Waals surface area contributed by atoms with Gasteiger partial charge in [0.15, 0.2) is 0 Å². The van der Waals surface area contributed by atoms with Gasteiger partial charge in [-0.05, 0) is 61.9 Å². The van der Waals surface area contributed by atoms with E-state index < -0.39 is 23.8 Å². The SMILES string of the molecule is Cc1ccc(N2CCC(CN3CCN(c4ccc5c(c4)C(=O)N(C4CCC(=O)NC4=O)C5=O)CC3)CC2)nc1. The molecule has 1 unspecified atom stereocenters. The van der Waals surface area contributed by atoms with Gasteiger partial charge in [0.2, 0.25) is 11.8 Å². The molecule has 4 amide bonds. The molecule has 10 nitrogen and oxygen atoms in total. The summed E-state index contributed by atoms with van der Waals surface area (Å²) in [5, 5.41) is 2.24. The van der Waals surface area contributed by atoms with Gasteiger partial charge < -0.3 is 9.80 Å². The molecule has 0 bridgehead atoms. The Morgan fingerprint density at radius 1 is 0.846 bits per heavy atom. The van der Waals surface area contributed by atoms with Gasteiger partial charge in [0.25, 0.3) is 11.8 Å². The lowest BCUT2D eigenvalue weighted by atomic mass is 9.96. The van der Waals surface area contributed by atoms with Crippen LogP contribution in [0.2, 0.25) is 0 Å². The first-order chi connectivity index (χ1) is 18.9. The van der Waals surface area contributed by atoms with E-state index in [9.17, 15) is 19.2 Å². The lowest BCUT2D eigenvalue weighted by Crippen LogP contribution is -2.54. The van der Waals surface area contributed by atoms with Gasteiger partial charge in [-0.15, -0.1) is 0 Å². The molecular weight excluding hydrogens is 496 g/mol. The van der Waals surface area contributed by atoms with Crippen LogP contribution in [0.1, 0.15) is 52.0 Å². The molecule has 4 aliphatic heterocycles. The topological polar surface area (TPSA) is 106 Å². The van der Waals surface area contributed by atoms with Crippen molar-refractivity contribution >= 4 is 35.1 Å². The van der Waals surface area contributed by atoms with E-state index in [2.05, 4.69) is 44.1 Å². The second-order valence-electron chi connectivity index (χ2n) is 11.1. The minimum atomic E-state index is -0.942. The summed E-state index contributed by atoms with van der Waals surface area (Å²) in [5.41, 5.74) is 2.75. The second kappa shape index (κ2) is 10.4. The molecule has 2 aromatic rings. The molecule has 4 aliphatic rings. The number of aromatic nitrogens is 1. The fourth-order valence-corrected chi connectivity index (χ4v) is 6.20. The Morgan fingerprint density at radius 2 is 1.59 bits per heavy atom. The third-order valence-electron chi connectivity index (χ3n) is 8.51. The number of piperidine rings is 2. The van der Waals surface area contributed by atoms with E-state index in [1.54, 1.807) is 12.1 Å². The minimum absolute atomic E-state index is 0.113. The van der Waals surface area contributed by atoms with Crippen LogP contribution in [0.4, 0.5) is 11.5 Å². The highest BCUT2D eigenvalue weighted by Crippen LogP contribution is 2.31. The van der Waals surface area contributed by atoms with Crippen molar-refractivity contribution < 1.29 is 19.2 Å². The van der Waals surface area contributed by atoms with Crippen LogP contribution in [-0.4, -0.2) is 90.3 Å². The fraction of sp³-hybridized carbons (Fsp3) is 0.483. The summed E-state index contributed by atoms with van der Waals surface area (Å²) in [4.78, 5) is 62.8. The average molecular weight is 531 g/mol. The number of piperazine rings is 1. The van der Waals surface area contributed by atoms with Gasteiger partial charge in [-0.25, -0.2) is 4.98 Å². The summed E-state index contributed by atoms with van der Waals surface area (Å²) in [7, 11) is 0. The fourth-order valence-electron chi connectivity index (χ4n) is 6.20. The van der Waals surface area contributed by atoms with E-state index in [1.165, 1.54) is 18.4 Å². The second-order valence-corrected chi connectivity index (χ2v) is 11.1. The molecule has 204 valence electrons. The molecule has 0 radical (unpaired) electrons. The van der Waals surface area contributed by atoms with E-state index in [4.69, 9.17) is 0 Å². The lowest BCUT2D eigenvalue weighted by Gasteiger charge is -2.40. The van der Waals surface area contributed by atoms with Crippen molar-refractivity contribution in [1.82, 2.24) is 20.1 Å². The van der Waals surface area contributed by atoms with Crippen LogP contribution in [0.15, 0.2) is 36.5 Å². The predicted molar refractivity (Wildman–Crippen MR) is 146 cm³/mol. The van der Waals surface area contributed by atoms with Gasteiger partial charge in [0.1, 0.15) is 11.9 Å². The minimum Gasteiger partial charge on any atom is -0.369 e. The largest absolute Gasteiger partial charge is 0.369 e. The van der Waals surface area contributed by atoms with Crippen molar-refractivity contribution in [3.8, 4) is 0 Å². The van der Waals surface area contributed by atoms with E-state index in [0.29, 0.717) is 17.0 Å². The zero-order valence-corrected chi connectivity index (χ0v) is 22.3. The van der Waals surface area contributed by atoms with Crippen LogP contribution in [0.25, 0.3) is 0 Å². The highest BCUT2D eigenvalue weighted by atomic mass is 16.2. The molecule has 1 aromatic heterocycles. The van der Waals surface area contributed by atoms with E-state index in [0.717, 1.165) is 62.2 Å². The van der Waals surface area contributed by atoms with E-state index in [-0.39, 0.29) is 18.7 Å². The summed E-state index contributed by atoms with van der Waals surface area (Å²) >= 11 is 0. The first kappa shape index (κ1) is 25.5. The Labute approximate surface area is 227 Å². The molecule has 10 heteroatoms. The predicted octanol–water partition coefficient (Wildman–Crippen LogP) is 1.83. The first-order valence-corrected chi connectivity index (χ1v) is 13.9. The Hall–Kier alpha value is -3.79. The molecule has 1 aromatic carbocycles. The normalized spacial score (nSPS) is 22.9. The molecule has 0 spiro atoms. The number of fused-ring (bicyclic) bond motifs is 1. The molecule has 1 atom stereocenters. The zero-order chi connectivity index (χ0) is 27.1. The maximum absolute atomic E-state index is 13.2. The van der Waals surface area contributed by atoms with Crippen molar-refractivity contribution in [3.05, 3.63) is 53.2 Å². The number of benzene rings is 1. The quantitative estimate of drug-likeness (QED) is 0.584. The Morgan fingerprint density at radius 3 is 2.28 bits per heavy atom. The van der Waals surface area contributed by atoms with Gasteiger partial charge in [-0.3, -0.25) is 34.3 Å². The third-order valence-corrected chi connectivity index (χ3v) is 8.51. The Balaban J connectivity index is 1.03. The molecule has 1 N–H and O–H groups in total. The smallest absolute Gasteiger partial charge is 0.262 e. The van der Waals surface area contributed by atoms with Gasteiger partial charge in [-0.1, -0.05) is 6.07 Å². The molecule has 6 rings (SSSR count). The Kier molecular flexibility index (Phi) is 6.80. The molecule has 3 saturated heterocycles. The standard InChI is InChI=1S/C29H34N6O4/c1-19-2-6-25(30-17-19)34-10-8-20(9-11-34)18-32-12-14-33(15-13-32)21-3-4-22-23(16-21)29(39)35(28(22)38)24-5-7-26(36)31-27(24)37/h2-4,6,16-17,20,24H,5,7-15,18H2,1H3,(H,31,36,37). The number of anilines is 2. The summed E-state index contributed by atoms with van der Waals surface area (Å²) in [6.45, 7) is 8.84. The molecule has 0 saturated carbocycles. The average Bonchev–Trinajstić information content (AvgIpc) is 3.19. The summed E-state index contributed by atoms with van der Waals surface area (Å²) in [5.74, 6) is -0.140. The molecule has 3 fully saturated rings. The van der Waals surface area contributed by atoms with Crippen LogP contribution < -0.4 is 15.1 Å². The highest BCUT2D eigenvalue weighted by molar-refractivity contribution is 6.23. The van der Waals surface area contributed by atoms with Crippen molar-refractivity contribution in [3.63, 3.8) is 0 Å². The number of hydrogen-bond donors (Lipinski definition) is 1. The number of nitrogens with one attached hydrogen (secondary N) is 1. The van der Waals surface area contributed by atoms with Crippen molar-refractivity contribution in [1.29, 1.82) is 0 Å². The molecule has 0 aliphatic carbocycles. The van der Waals surface area contributed by atoms with E-state index in [1.807, 2.05) is 12.3 Å². The molecule has 39 heavy (non-hydrogen) atoms. The molecular formula is C29H34N6O4. The number of pyridine rings is 1. The Bertz CT molecular complexity index is 1300. The van der Waals surface area contributed by atoms with Gasteiger partial charge in [0.05, 0.1) is 11.1 Å². The molecule has 5 heterocycles. The summed E-state index contributed by atoms with van der Waals surface area (Å²) in [6, 6.07) is 8.66. The van der Waals surface area contributed by atoms with Gasteiger partial charge in [-0.2, -0.15) is 0 Å². The van der Waals surface area contributed by atoms with Gasteiger partial charge >= 0.3 is 0 Å². The first-order valence-electron chi connectivity index (χ1n) is 13.9. The maximum Gasteiger partial charge on any atom is 0.262 e. The summed E-state index contributed by atoms with van der Waals surface area (Å²) < 4.78 is 0. The van der Waals surface area contributed by atoms with Crippen LogP contribution in [0.5, 0.6) is 0 Å². The lowest BCUT2D eigenvalue weighted by molar-refractivity contribution is -0.136. The van der Waals surface area contributed by atoms with E-state index >= 15 is 0 Å². The van der Waals surface area contributed by atoms with Crippen LogP contribution in [0, 0.1) is 12.8 Å². The number of imide groups is 2. The third kappa shape index (κ3) is 5.01. The number of amides is 4. The number of nitrogens with zero attached hydrogens (tertiary/aromatic N) is 5. The highest BCUT2D eigenvalue weighted by Gasteiger charge is 2.44. The number of carbonyl (C=O) groups is 4. The summed E-state index contributed by atoms with van der Waals surface area (Å²) in [6.07, 6.45) is 4.54. The van der Waals surface area contributed by atoms with Crippen LogP contribution in [-0.2, 0) is 9.59 Å². The van der Waals surface area contributed by atoms with Crippen molar-refractivity contribution in [2.75, 3.05) is 55.6 Å². The number of aryl methyl sites for hydroxylation is 1. The zero-order valence-electron chi connectivity index (χ0n) is 22.3. The maximum atomic E-state index is 13.2. The van der Waals surface area contributed by atoms with Crippen LogP contribution >= 0.6 is 0 Å². The van der Waals surface area contributed by atoms with Crippen molar-refractivity contribution in [2.24, 2.45) is 5.92 Å². The number of rotatable bonds is 5. The van der Waals surface area contributed by atoms with Crippen LogP contribution in [0.3, 0.4) is 0 Å². The van der Waals surface area contributed by atoms with Gasteiger partial charge in [0, 0.05) is 64.1 Å². The number of hydrogen-bond acceptors (Lipinski definition) is 8. The number of carbonyl (C=O) groups excluding carboxylic acids is 4.